The van der Waals surface area contributed by atoms with Crippen LogP contribution in [-0.2, 0) is 4.79 Å². The molecule has 2 aromatic heterocycles. The molecule has 1 amide bonds. The molecule has 0 spiro atoms. The summed E-state index contributed by atoms with van der Waals surface area (Å²) in [6.45, 7) is 2.04. The number of hydrogen-bond donors (Lipinski definition) is 2. The molecule has 0 bridgehead atoms. The van der Waals surface area contributed by atoms with Crippen molar-refractivity contribution in [3.63, 3.8) is 0 Å². The van der Waals surface area contributed by atoms with Crippen molar-refractivity contribution >= 4 is 28.2 Å². The fourth-order valence-corrected chi connectivity index (χ4v) is 4.15. The van der Waals surface area contributed by atoms with Gasteiger partial charge in [0, 0.05) is 47.7 Å². The number of carbonyl (C=O) groups is 1. The number of aryl methyl sites for hydroxylation is 1. The quantitative estimate of drug-likeness (QED) is 0.456. The molecule has 0 saturated heterocycles. The second kappa shape index (κ2) is 8.97. The monoisotopic (exact) mass is 411 g/mol. The molecule has 0 aliphatic heterocycles. The van der Waals surface area contributed by atoms with Crippen molar-refractivity contribution in [1.82, 2.24) is 9.97 Å². The molecule has 1 saturated carbocycles. The third-order valence-corrected chi connectivity index (χ3v) is 5.93. The molecule has 6 nitrogen and oxygen atoms in total. The molecule has 3 N–H and O–H groups in total. The lowest BCUT2D eigenvalue weighted by molar-refractivity contribution is -0.112. The van der Waals surface area contributed by atoms with Gasteiger partial charge in [0.15, 0.2) is 0 Å². The van der Waals surface area contributed by atoms with Gasteiger partial charge in [0.05, 0.1) is 6.07 Å². The highest BCUT2D eigenvalue weighted by Crippen LogP contribution is 2.32. The Morgan fingerprint density at radius 2 is 2.10 bits per heavy atom. The molecule has 1 fully saturated rings. The third kappa shape index (κ3) is 4.72. The molecule has 156 valence electrons. The summed E-state index contributed by atoms with van der Waals surface area (Å²) in [4.78, 5) is 21.1. The second-order valence-corrected chi connectivity index (χ2v) is 8.14. The molecular formula is C25H25N5O. The maximum Gasteiger partial charge on any atom is 0.249 e. The van der Waals surface area contributed by atoms with Gasteiger partial charge in [-0.15, -0.1) is 0 Å². The first-order valence-electron chi connectivity index (χ1n) is 10.5. The number of nitrogens with one attached hydrogen (secondary N) is 1. The van der Waals surface area contributed by atoms with E-state index in [0.717, 1.165) is 58.7 Å². The first kappa shape index (κ1) is 20.5. The Bertz CT molecular complexity index is 1200. The maximum atomic E-state index is 12.5. The number of nitrogens with two attached hydrogens (primary N) is 1. The fraction of sp³-hybridized carbons (Fsp3) is 0.280. The van der Waals surface area contributed by atoms with Crippen molar-refractivity contribution in [3.8, 4) is 17.2 Å². The van der Waals surface area contributed by atoms with E-state index >= 15 is 0 Å². The summed E-state index contributed by atoms with van der Waals surface area (Å²) in [7, 11) is 0. The van der Waals surface area contributed by atoms with Gasteiger partial charge in [0.25, 0.3) is 0 Å². The number of anilines is 2. The van der Waals surface area contributed by atoms with Crippen LogP contribution in [0.1, 0.15) is 37.7 Å². The van der Waals surface area contributed by atoms with Gasteiger partial charge in [-0.05, 0) is 79.3 Å². The van der Waals surface area contributed by atoms with Crippen LogP contribution in [0, 0.1) is 24.2 Å². The van der Waals surface area contributed by atoms with E-state index in [4.69, 9.17) is 11.0 Å². The van der Waals surface area contributed by atoms with Gasteiger partial charge in [-0.2, -0.15) is 5.26 Å². The van der Waals surface area contributed by atoms with E-state index < -0.39 is 0 Å². The van der Waals surface area contributed by atoms with Gasteiger partial charge in [0.2, 0.25) is 5.91 Å². The van der Waals surface area contributed by atoms with Crippen molar-refractivity contribution in [3.05, 3.63) is 60.1 Å². The summed E-state index contributed by atoms with van der Waals surface area (Å²) in [5.74, 6) is 0.773. The number of pyridine rings is 2. The van der Waals surface area contributed by atoms with Crippen LogP contribution in [0.3, 0.4) is 0 Å². The molecule has 2 heterocycles. The van der Waals surface area contributed by atoms with Gasteiger partial charge in [-0.1, -0.05) is 5.57 Å². The lowest BCUT2D eigenvalue weighted by Gasteiger charge is -2.21. The number of nitrogens with zero attached hydrogens (tertiary/aromatic N) is 3. The summed E-state index contributed by atoms with van der Waals surface area (Å²) < 4.78 is 0. The molecule has 0 unspecified atom stereocenters. The Kier molecular flexibility index (Phi) is 5.94. The van der Waals surface area contributed by atoms with E-state index in [0.29, 0.717) is 23.8 Å². The van der Waals surface area contributed by atoms with Crippen LogP contribution in [0.15, 0.2) is 54.5 Å². The van der Waals surface area contributed by atoms with E-state index in [1.165, 1.54) is 0 Å². The van der Waals surface area contributed by atoms with Crippen LogP contribution < -0.4 is 11.1 Å². The van der Waals surface area contributed by atoms with E-state index in [1.54, 1.807) is 18.5 Å². The average molecular weight is 412 g/mol. The largest absolute Gasteiger partial charge is 0.398 e. The summed E-state index contributed by atoms with van der Waals surface area (Å²) in [6.07, 6.45) is 11.3. The first-order chi connectivity index (χ1) is 15.0. The number of benzene rings is 1. The number of carbonyl (C=O) groups excluding carboxylic acids is 1. The Morgan fingerprint density at radius 1 is 1.29 bits per heavy atom. The highest BCUT2D eigenvalue weighted by Gasteiger charge is 2.17. The predicted molar refractivity (Wildman–Crippen MR) is 123 cm³/mol. The van der Waals surface area contributed by atoms with Crippen LogP contribution in [-0.4, -0.2) is 15.9 Å². The smallest absolute Gasteiger partial charge is 0.249 e. The Balaban J connectivity index is 1.54. The van der Waals surface area contributed by atoms with E-state index in [9.17, 15) is 4.79 Å². The molecule has 3 aromatic rings. The zero-order valence-electron chi connectivity index (χ0n) is 17.6. The van der Waals surface area contributed by atoms with Crippen LogP contribution in [0.4, 0.5) is 11.5 Å². The van der Waals surface area contributed by atoms with Gasteiger partial charge in [-0.25, -0.2) is 4.98 Å². The molecule has 1 aliphatic carbocycles. The fourth-order valence-electron chi connectivity index (χ4n) is 4.15. The minimum absolute atomic E-state index is 0.173. The number of hydrogen-bond acceptors (Lipinski definition) is 5. The van der Waals surface area contributed by atoms with Crippen LogP contribution in [0.5, 0.6) is 0 Å². The number of allylic oxidation sites excluding steroid dienone is 1. The summed E-state index contributed by atoms with van der Waals surface area (Å²) >= 11 is 0. The van der Waals surface area contributed by atoms with Crippen molar-refractivity contribution in [2.45, 2.75) is 39.0 Å². The number of fused-ring (bicyclic) bond motifs is 1. The highest BCUT2D eigenvalue weighted by atomic mass is 16.1. The zero-order valence-corrected chi connectivity index (χ0v) is 17.6. The number of rotatable bonds is 4. The molecule has 6 heteroatoms. The van der Waals surface area contributed by atoms with Crippen LogP contribution in [0.2, 0.25) is 0 Å². The minimum Gasteiger partial charge on any atom is -0.398 e. The van der Waals surface area contributed by atoms with Gasteiger partial charge in [-0.3, -0.25) is 9.78 Å². The minimum atomic E-state index is -0.173. The third-order valence-electron chi connectivity index (χ3n) is 5.93. The summed E-state index contributed by atoms with van der Waals surface area (Å²) in [6, 6.07) is 10.0. The van der Waals surface area contributed by atoms with Crippen LogP contribution >= 0.6 is 0 Å². The molecule has 1 aromatic carbocycles. The molecule has 4 rings (SSSR count). The summed E-state index contributed by atoms with van der Waals surface area (Å²) in [5, 5.41) is 13.5. The average Bonchev–Trinajstić information content (AvgIpc) is 2.75. The molecule has 0 atom stereocenters. The maximum absolute atomic E-state index is 12.5. The number of nitrogen functional groups attached to an aromatic ring is 1. The Labute approximate surface area is 181 Å². The van der Waals surface area contributed by atoms with Gasteiger partial charge < -0.3 is 11.1 Å². The SMILES string of the molecule is Cc1ccncc1-c1cc(N)c2cnc(NC(=O)C=C3CCC(CC#N)CC3)cc2c1. The summed E-state index contributed by atoms with van der Waals surface area (Å²) in [5.41, 5.74) is 11.2. The van der Waals surface area contributed by atoms with Crippen molar-refractivity contribution in [2.75, 3.05) is 11.1 Å². The van der Waals surface area contributed by atoms with E-state index in [2.05, 4.69) is 21.4 Å². The van der Waals surface area contributed by atoms with Crippen LogP contribution in [0.25, 0.3) is 21.9 Å². The van der Waals surface area contributed by atoms with Gasteiger partial charge >= 0.3 is 0 Å². The van der Waals surface area contributed by atoms with Crippen molar-refractivity contribution < 1.29 is 4.79 Å². The normalized spacial score (nSPS) is 16.0. The number of aromatic nitrogens is 2. The lowest BCUT2D eigenvalue weighted by atomic mass is 9.84. The lowest BCUT2D eigenvalue weighted by Crippen LogP contribution is -2.13. The first-order valence-corrected chi connectivity index (χ1v) is 10.5. The molecule has 31 heavy (non-hydrogen) atoms. The highest BCUT2D eigenvalue weighted by molar-refractivity contribution is 6.02. The van der Waals surface area contributed by atoms with Gasteiger partial charge in [0.1, 0.15) is 5.82 Å². The van der Waals surface area contributed by atoms with Crippen molar-refractivity contribution in [2.24, 2.45) is 5.92 Å². The number of amides is 1. The second-order valence-electron chi connectivity index (χ2n) is 8.14. The molecule has 1 aliphatic rings. The molecule has 0 radical (unpaired) electrons. The predicted octanol–water partition coefficient (Wildman–Crippen LogP) is 5.16. The van der Waals surface area contributed by atoms with E-state index in [-0.39, 0.29) is 5.91 Å². The standard InChI is InChI=1S/C25H25N5O/c1-16-7-9-28-14-21(16)19-11-20-13-24(29-15-22(20)23(27)12-19)30-25(31)10-18-4-2-17(3-5-18)6-8-26/h7,9-15,17H,2-6,27H2,1H3,(H,29,30,31). The Hall–Kier alpha value is -3.72. The van der Waals surface area contributed by atoms with Crippen molar-refractivity contribution in [1.29, 1.82) is 5.26 Å². The molecular weight excluding hydrogens is 386 g/mol. The number of nitriles is 1. The topological polar surface area (TPSA) is 105 Å². The Morgan fingerprint density at radius 3 is 2.84 bits per heavy atom. The zero-order chi connectivity index (χ0) is 21.8. The van der Waals surface area contributed by atoms with E-state index in [1.807, 2.05) is 37.4 Å².